The van der Waals surface area contributed by atoms with E-state index >= 15 is 0 Å². The highest BCUT2D eigenvalue weighted by Gasteiger charge is 2.49. The van der Waals surface area contributed by atoms with Gasteiger partial charge < -0.3 is 5.32 Å². The Morgan fingerprint density at radius 1 is 1.47 bits per heavy atom. The van der Waals surface area contributed by atoms with Crippen LogP contribution in [-0.2, 0) is 6.42 Å². The molecule has 17 heavy (non-hydrogen) atoms. The summed E-state index contributed by atoms with van der Waals surface area (Å²) >= 11 is 1.86. The molecule has 1 heterocycles. The zero-order valence-corrected chi connectivity index (χ0v) is 12.4. The van der Waals surface area contributed by atoms with E-state index in [9.17, 15) is 0 Å². The van der Waals surface area contributed by atoms with Crippen molar-refractivity contribution in [3.63, 3.8) is 0 Å². The zero-order chi connectivity index (χ0) is 12.6. The van der Waals surface area contributed by atoms with Gasteiger partial charge in [0.15, 0.2) is 0 Å². The van der Waals surface area contributed by atoms with Gasteiger partial charge in [0.05, 0.1) is 10.7 Å². The van der Waals surface area contributed by atoms with Gasteiger partial charge in [0.25, 0.3) is 0 Å². The van der Waals surface area contributed by atoms with Crippen LogP contribution in [0.4, 0.5) is 0 Å². The van der Waals surface area contributed by atoms with Crippen molar-refractivity contribution in [2.75, 3.05) is 6.54 Å². The molecule has 1 aliphatic rings. The fraction of sp³-hybridized carbons (Fsp3) is 0.786. The van der Waals surface area contributed by atoms with Crippen LogP contribution in [0.3, 0.4) is 0 Å². The van der Waals surface area contributed by atoms with Crippen molar-refractivity contribution in [3.8, 4) is 0 Å². The molecule has 0 saturated heterocycles. The van der Waals surface area contributed by atoms with E-state index in [1.165, 1.54) is 22.0 Å². The standard InChI is InChI=1S/C14H24N2S/c1-6-15-12(11-8-14(11,4)5)7-13-16-9(2)10(3)17-13/h11-12,15H,6-8H2,1-5H3. The van der Waals surface area contributed by atoms with Crippen LogP contribution >= 0.6 is 11.3 Å². The van der Waals surface area contributed by atoms with E-state index in [0.717, 1.165) is 18.9 Å². The average Bonchev–Trinajstić information content (AvgIpc) is 2.74. The lowest BCUT2D eigenvalue weighted by atomic mass is 10.0. The molecule has 2 unspecified atom stereocenters. The monoisotopic (exact) mass is 252 g/mol. The number of nitrogens with zero attached hydrogens (tertiary/aromatic N) is 1. The maximum absolute atomic E-state index is 4.67. The Hall–Kier alpha value is -0.410. The van der Waals surface area contributed by atoms with Gasteiger partial charge in [-0.15, -0.1) is 11.3 Å². The first-order valence-electron chi connectivity index (χ1n) is 6.60. The van der Waals surface area contributed by atoms with Gasteiger partial charge in [-0.1, -0.05) is 20.8 Å². The van der Waals surface area contributed by atoms with E-state index in [2.05, 4.69) is 44.9 Å². The molecule has 2 rings (SSSR count). The van der Waals surface area contributed by atoms with Gasteiger partial charge in [0.2, 0.25) is 0 Å². The first-order valence-corrected chi connectivity index (χ1v) is 7.42. The molecule has 1 saturated carbocycles. The van der Waals surface area contributed by atoms with E-state index in [0.29, 0.717) is 11.5 Å². The summed E-state index contributed by atoms with van der Waals surface area (Å²) in [6.07, 6.45) is 2.45. The van der Waals surface area contributed by atoms with Crippen molar-refractivity contribution >= 4 is 11.3 Å². The van der Waals surface area contributed by atoms with Gasteiger partial charge in [-0.2, -0.15) is 0 Å². The number of aryl methyl sites for hydroxylation is 2. The van der Waals surface area contributed by atoms with Crippen molar-refractivity contribution in [1.82, 2.24) is 10.3 Å². The molecule has 0 amide bonds. The number of rotatable bonds is 5. The van der Waals surface area contributed by atoms with Crippen LogP contribution in [0.1, 0.15) is 42.8 Å². The predicted octanol–water partition coefficient (Wildman–Crippen LogP) is 3.33. The summed E-state index contributed by atoms with van der Waals surface area (Å²) in [5.74, 6) is 0.826. The first-order chi connectivity index (χ1) is 7.94. The molecule has 0 radical (unpaired) electrons. The quantitative estimate of drug-likeness (QED) is 0.869. The van der Waals surface area contributed by atoms with E-state index < -0.39 is 0 Å². The molecule has 1 fully saturated rings. The molecule has 0 bridgehead atoms. The Kier molecular flexibility index (Phi) is 3.60. The molecular formula is C14H24N2S. The third kappa shape index (κ3) is 2.89. The molecule has 3 heteroatoms. The van der Waals surface area contributed by atoms with E-state index in [1.807, 2.05) is 11.3 Å². The first kappa shape index (κ1) is 13.0. The van der Waals surface area contributed by atoms with E-state index in [1.54, 1.807) is 0 Å². The third-order valence-corrected chi connectivity index (χ3v) is 5.10. The molecule has 2 nitrogen and oxygen atoms in total. The minimum Gasteiger partial charge on any atom is -0.314 e. The van der Waals surface area contributed by atoms with Crippen LogP contribution in [-0.4, -0.2) is 17.6 Å². The van der Waals surface area contributed by atoms with Crippen molar-refractivity contribution in [2.24, 2.45) is 11.3 Å². The highest BCUT2D eigenvalue weighted by atomic mass is 32.1. The molecule has 1 aromatic rings. The van der Waals surface area contributed by atoms with E-state index in [-0.39, 0.29) is 0 Å². The Morgan fingerprint density at radius 2 is 2.12 bits per heavy atom. The summed E-state index contributed by atoms with van der Waals surface area (Å²) in [7, 11) is 0. The fourth-order valence-corrected chi connectivity index (χ4v) is 3.62. The minimum absolute atomic E-state index is 0.536. The van der Waals surface area contributed by atoms with Crippen LogP contribution in [0, 0.1) is 25.2 Å². The number of likely N-dealkylation sites (N-methyl/N-ethyl adjacent to an activating group) is 1. The number of thiazole rings is 1. The molecule has 96 valence electrons. The van der Waals surface area contributed by atoms with Gasteiger partial charge in [-0.05, 0) is 38.1 Å². The Balaban J connectivity index is 2.03. The number of hydrogen-bond acceptors (Lipinski definition) is 3. The molecule has 0 spiro atoms. The van der Waals surface area contributed by atoms with Crippen molar-refractivity contribution in [3.05, 3.63) is 15.6 Å². The summed E-state index contributed by atoms with van der Waals surface area (Å²) in [6, 6.07) is 0.611. The summed E-state index contributed by atoms with van der Waals surface area (Å²) in [5, 5.41) is 4.94. The Labute approximate surface area is 109 Å². The number of aromatic nitrogens is 1. The fourth-order valence-electron chi connectivity index (χ4n) is 2.63. The number of hydrogen-bond donors (Lipinski definition) is 1. The maximum Gasteiger partial charge on any atom is 0.0946 e. The van der Waals surface area contributed by atoms with Gasteiger partial charge in [0, 0.05) is 17.3 Å². The van der Waals surface area contributed by atoms with Gasteiger partial charge in [-0.3, -0.25) is 0 Å². The van der Waals surface area contributed by atoms with Crippen LogP contribution < -0.4 is 5.32 Å². The Morgan fingerprint density at radius 3 is 2.53 bits per heavy atom. The second kappa shape index (κ2) is 4.69. The summed E-state index contributed by atoms with van der Waals surface area (Å²) < 4.78 is 0. The third-order valence-electron chi connectivity index (χ3n) is 4.01. The SMILES string of the molecule is CCNC(Cc1nc(C)c(C)s1)C1CC1(C)C. The second-order valence-corrected chi connectivity index (χ2v) is 7.20. The van der Waals surface area contributed by atoms with Gasteiger partial charge in [0.1, 0.15) is 0 Å². The van der Waals surface area contributed by atoms with Crippen molar-refractivity contribution in [2.45, 2.75) is 53.5 Å². The zero-order valence-electron chi connectivity index (χ0n) is 11.6. The normalized spacial score (nSPS) is 23.7. The lowest BCUT2D eigenvalue weighted by Crippen LogP contribution is -2.34. The summed E-state index contributed by atoms with van der Waals surface area (Å²) in [4.78, 5) is 6.03. The lowest BCUT2D eigenvalue weighted by molar-refractivity contribution is 0.409. The molecule has 2 atom stereocenters. The van der Waals surface area contributed by atoms with Crippen LogP contribution in [0.5, 0.6) is 0 Å². The predicted molar refractivity (Wildman–Crippen MR) is 74.6 cm³/mol. The molecule has 1 aliphatic carbocycles. The maximum atomic E-state index is 4.67. The lowest BCUT2D eigenvalue weighted by Gasteiger charge is -2.18. The molecule has 0 aliphatic heterocycles. The van der Waals surface area contributed by atoms with E-state index in [4.69, 9.17) is 0 Å². The topological polar surface area (TPSA) is 24.9 Å². The molecule has 1 aromatic heterocycles. The smallest absolute Gasteiger partial charge is 0.0946 e. The second-order valence-electron chi connectivity index (χ2n) is 5.92. The highest BCUT2D eigenvalue weighted by molar-refractivity contribution is 7.11. The van der Waals surface area contributed by atoms with Crippen LogP contribution in [0.15, 0.2) is 0 Å². The minimum atomic E-state index is 0.536. The van der Waals surface area contributed by atoms with Crippen molar-refractivity contribution < 1.29 is 0 Å². The molecule has 0 aromatic carbocycles. The van der Waals surface area contributed by atoms with Crippen LogP contribution in [0.25, 0.3) is 0 Å². The van der Waals surface area contributed by atoms with Crippen molar-refractivity contribution in [1.29, 1.82) is 0 Å². The molecular weight excluding hydrogens is 228 g/mol. The van der Waals surface area contributed by atoms with Gasteiger partial charge >= 0.3 is 0 Å². The molecule has 1 N–H and O–H groups in total. The van der Waals surface area contributed by atoms with Gasteiger partial charge in [-0.25, -0.2) is 4.98 Å². The van der Waals surface area contributed by atoms with Crippen LogP contribution in [0.2, 0.25) is 0 Å². The summed E-state index contributed by atoms with van der Waals surface area (Å²) in [5.41, 5.74) is 1.74. The summed E-state index contributed by atoms with van der Waals surface area (Å²) in [6.45, 7) is 12.3. The Bertz CT molecular complexity index is 375. The highest BCUT2D eigenvalue weighted by Crippen LogP contribution is 2.54. The average molecular weight is 252 g/mol. The number of nitrogens with one attached hydrogen (secondary N) is 1. The largest absolute Gasteiger partial charge is 0.314 e.